The van der Waals surface area contributed by atoms with Crippen LogP contribution in [0.4, 0.5) is 5.69 Å². The average Bonchev–Trinajstić information content (AvgIpc) is 3.03. The van der Waals surface area contributed by atoms with Gasteiger partial charge in [0.25, 0.3) is 11.6 Å². The Balaban J connectivity index is 1.70. The summed E-state index contributed by atoms with van der Waals surface area (Å²) in [5.41, 5.74) is 1.76. The molecule has 0 saturated carbocycles. The quantitative estimate of drug-likeness (QED) is 0.477. The van der Waals surface area contributed by atoms with E-state index in [0.717, 1.165) is 10.0 Å². The number of rotatable bonds is 5. The van der Waals surface area contributed by atoms with Gasteiger partial charge in [0, 0.05) is 17.7 Å². The molecule has 0 saturated heterocycles. The molecule has 0 amide bonds. The van der Waals surface area contributed by atoms with Gasteiger partial charge in [-0.05, 0) is 52.7 Å². The lowest BCUT2D eigenvalue weighted by Crippen LogP contribution is -1.96. The minimum absolute atomic E-state index is 0.00928. The second-order valence-corrected chi connectivity index (χ2v) is 5.89. The zero-order valence-electron chi connectivity index (χ0n) is 12.6. The Kier molecular flexibility index (Phi) is 4.57. The molecule has 1 heterocycles. The number of nitrogens with zero attached hydrogens (tertiary/aromatic N) is 3. The number of aromatic nitrogens is 2. The topological polar surface area (TPSA) is 91.3 Å². The van der Waals surface area contributed by atoms with E-state index in [-0.39, 0.29) is 12.3 Å². The van der Waals surface area contributed by atoms with Crippen molar-refractivity contribution in [3.05, 3.63) is 68.5 Å². The van der Waals surface area contributed by atoms with Gasteiger partial charge in [0.1, 0.15) is 5.75 Å². The summed E-state index contributed by atoms with van der Waals surface area (Å²) in [5.74, 6) is 1.35. The molecule has 0 aliphatic heterocycles. The molecule has 3 aromatic rings. The summed E-state index contributed by atoms with van der Waals surface area (Å²) < 4.78 is 11.6. The van der Waals surface area contributed by atoms with Crippen LogP contribution < -0.4 is 4.74 Å². The maximum Gasteiger partial charge on any atom is 0.269 e. The van der Waals surface area contributed by atoms with E-state index in [9.17, 15) is 10.1 Å². The van der Waals surface area contributed by atoms with Gasteiger partial charge in [0.05, 0.1) is 9.40 Å². The lowest BCUT2D eigenvalue weighted by atomic mass is 10.2. The van der Waals surface area contributed by atoms with Crippen molar-refractivity contribution in [1.82, 2.24) is 10.1 Å². The molecule has 0 spiro atoms. The monoisotopic (exact) mass is 389 g/mol. The van der Waals surface area contributed by atoms with Crippen LogP contribution >= 0.6 is 15.9 Å². The fourth-order valence-electron chi connectivity index (χ4n) is 2.03. The Hall–Kier alpha value is -2.74. The summed E-state index contributed by atoms with van der Waals surface area (Å²) in [6.07, 6.45) is 0. The highest BCUT2D eigenvalue weighted by molar-refractivity contribution is 9.10. The molecular weight excluding hydrogens is 378 g/mol. The molecule has 2 aromatic carbocycles. The molecule has 0 radical (unpaired) electrons. The van der Waals surface area contributed by atoms with Crippen LogP contribution in [-0.4, -0.2) is 15.1 Å². The third-order valence-corrected chi connectivity index (χ3v) is 3.86. The highest BCUT2D eigenvalue weighted by atomic mass is 79.9. The van der Waals surface area contributed by atoms with Gasteiger partial charge in [-0.2, -0.15) is 4.98 Å². The number of nitro benzene ring substituents is 1. The summed E-state index contributed by atoms with van der Waals surface area (Å²) in [6, 6.07) is 11.7. The fraction of sp³-hybridized carbons (Fsp3) is 0.125. The lowest BCUT2D eigenvalue weighted by molar-refractivity contribution is -0.384. The van der Waals surface area contributed by atoms with Gasteiger partial charge in [-0.25, -0.2) is 0 Å². The van der Waals surface area contributed by atoms with E-state index in [1.807, 2.05) is 25.1 Å². The van der Waals surface area contributed by atoms with Gasteiger partial charge in [-0.15, -0.1) is 0 Å². The minimum atomic E-state index is -0.460. The smallest absolute Gasteiger partial charge is 0.269 e. The highest BCUT2D eigenvalue weighted by Gasteiger charge is 2.12. The predicted molar refractivity (Wildman–Crippen MR) is 89.6 cm³/mol. The van der Waals surface area contributed by atoms with Crippen LogP contribution in [0.1, 0.15) is 11.5 Å². The summed E-state index contributed by atoms with van der Waals surface area (Å²) in [6.45, 7) is 2.12. The molecule has 0 atom stereocenters. The molecule has 7 nitrogen and oxygen atoms in total. The number of ether oxygens (including phenoxy) is 1. The first-order chi connectivity index (χ1) is 11.5. The minimum Gasteiger partial charge on any atom is -0.483 e. The Bertz CT molecular complexity index is 877. The molecule has 122 valence electrons. The first-order valence-electron chi connectivity index (χ1n) is 6.99. The SMILES string of the molecule is Cc1ccc(OCc2nc(-c3ccc([N+](=O)[O-])cc3)no2)c(Br)c1. The van der Waals surface area contributed by atoms with Crippen LogP contribution in [0.3, 0.4) is 0 Å². The lowest BCUT2D eigenvalue weighted by Gasteiger charge is -2.06. The summed E-state index contributed by atoms with van der Waals surface area (Å²) >= 11 is 3.43. The molecule has 0 aliphatic rings. The van der Waals surface area contributed by atoms with E-state index in [1.54, 1.807) is 12.1 Å². The number of benzene rings is 2. The van der Waals surface area contributed by atoms with Crippen LogP contribution in [0.15, 0.2) is 51.5 Å². The van der Waals surface area contributed by atoms with Gasteiger partial charge in [0.15, 0.2) is 6.61 Å². The predicted octanol–water partition coefficient (Wildman–Crippen LogP) is 4.29. The Morgan fingerprint density at radius 1 is 1.25 bits per heavy atom. The van der Waals surface area contributed by atoms with Crippen molar-refractivity contribution in [3.63, 3.8) is 0 Å². The molecule has 1 aromatic heterocycles. The normalized spacial score (nSPS) is 10.6. The van der Waals surface area contributed by atoms with E-state index < -0.39 is 4.92 Å². The summed E-state index contributed by atoms with van der Waals surface area (Å²) in [7, 11) is 0. The second kappa shape index (κ2) is 6.79. The van der Waals surface area contributed by atoms with E-state index in [1.165, 1.54) is 12.1 Å². The molecule has 0 unspecified atom stereocenters. The van der Waals surface area contributed by atoms with Crippen LogP contribution in [0.25, 0.3) is 11.4 Å². The van der Waals surface area contributed by atoms with Crippen LogP contribution in [-0.2, 0) is 6.61 Å². The van der Waals surface area contributed by atoms with Crippen LogP contribution in [0, 0.1) is 17.0 Å². The Labute approximate surface area is 145 Å². The number of hydrogen-bond acceptors (Lipinski definition) is 6. The van der Waals surface area contributed by atoms with Crippen molar-refractivity contribution >= 4 is 21.6 Å². The van der Waals surface area contributed by atoms with E-state index in [4.69, 9.17) is 9.26 Å². The Morgan fingerprint density at radius 2 is 2.00 bits per heavy atom. The van der Waals surface area contributed by atoms with Crippen molar-refractivity contribution in [3.8, 4) is 17.1 Å². The van der Waals surface area contributed by atoms with Gasteiger partial charge < -0.3 is 9.26 Å². The molecular formula is C16H12BrN3O4. The van der Waals surface area contributed by atoms with Crippen molar-refractivity contribution in [2.45, 2.75) is 13.5 Å². The zero-order valence-corrected chi connectivity index (χ0v) is 14.2. The molecule has 3 rings (SSSR count). The molecule has 8 heteroatoms. The molecule has 0 aliphatic carbocycles. The first kappa shape index (κ1) is 16.1. The highest BCUT2D eigenvalue weighted by Crippen LogP contribution is 2.26. The Morgan fingerprint density at radius 3 is 2.67 bits per heavy atom. The van der Waals surface area contributed by atoms with E-state index >= 15 is 0 Å². The van der Waals surface area contributed by atoms with Gasteiger partial charge in [-0.3, -0.25) is 10.1 Å². The molecule has 0 N–H and O–H groups in total. The average molecular weight is 390 g/mol. The number of aryl methyl sites for hydroxylation is 1. The third kappa shape index (κ3) is 3.60. The molecule has 0 fully saturated rings. The molecule has 0 bridgehead atoms. The third-order valence-electron chi connectivity index (χ3n) is 3.24. The largest absolute Gasteiger partial charge is 0.483 e. The summed E-state index contributed by atoms with van der Waals surface area (Å²) in [5, 5.41) is 14.5. The van der Waals surface area contributed by atoms with Crippen molar-refractivity contribution in [1.29, 1.82) is 0 Å². The summed E-state index contributed by atoms with van der Waals surface area (Å²) in [4.78, 5) is 14.4. The van der Waals surface area contributed by atoms with Gasteiger partial charge in [-0.1, -0.05) is 11.2 Å². The van der Waals surface area contributed by atoms with Gasteiger partial charge in [0.2, 0.25) is 5.82 Å². The van der Waals surface area contributed by atoms with Crippen molar-refractivity contribution < 1.29 is 14.2 Å². The van der Waals surface area contributed by atoms with Crippen LogP contribution in [0.2, 0.25) is 0 Å². The van der Waals surface area contributed by atoms with E-state index in [0.29, 0.717) is 23.0 Å². The fourth-order valence-corrected chi connectivity index (χ4v) is 2.63. The van der Waals surface area contributed by atoms with Crippen molar-refractivity contribution in [2.24, 2.45) is 0 Å². The maximum atomic E-state index is 10.7. The zero-order chi connectivity index (χ0) is 17.1. The van der Waals surface area contributed by atoms with Gasteiger partial charge >= 0.3 is 0 Å². The van der Waals surface area contributed by atoms with Crippen LogP contribution in [0.5, 0.6) is 5.75 Å². The van der Waals surface area contributed by atoms with E-state index in [2.05, 4.69) is 26.1 Å². The second-order valence-electron chi connectivity index (χ2n) is 5.04. The van der Waals surface area contributed by atoms with Crippen molar-refractivity contribution in [2.75, 3.05) is 0 Å². The first-order valence-corrected chi connectivity index (χ1v) is 7.78. The maximum absolute atomic E-state index is 10.7. The number of nitro groups is 1. The number of hydrogen-bond donors (Lipinski definition) is 0. The number of non-ortho nitro benzene ring substituents is 1. The standard InChI is InChI=1S/C16H12BrN3O4/c1-10-2-7-14(13(17)8-10)23-9-15-18-16(19-24-15)11-3-5-12(6-4-11)20(21)22/h2-8H,9H2,1H3. The number of halogens is 1. The molecule has 24 heavy (non-hydrogen) atoms.